The van der Waals surface area contributed by atoms with Crippen molar-refractivity contribution in [2.45, 2.75) is 32.5 Å². The van der Waals surface area contributed by atoms with E-state index in [1.807, 2.05) is 42.6 Å². The molecule has 2 heterocycles. The Hall–Kier alpha value is -4.83. The molecular formula is C39H40N4O4S. The van der Waals surface area contributed by atoms with Crippen molar-refractivity contribution in [3.05, 3.63) is 125 Å². The molecule has 0 saturated heterocycles. The topological polar surface area (TPSA) is 95.0 Å². The van der Waals surface area contributed by atoms with E-state index in [1.165, 1.54) is 28.0 Å². The van der Waals surface area contributed by atoms with Gasteiger partial charge in [0.25, 0.3) is 11.8 Å². The molecule has 1 aliphatic rings. The number of ether oxygens (including phenoxy) is 1. The third kappa shape index (κ3) is 7.49. The number of carbonyl (C=O) groups excluding carboxylic acids is 2. The number of nitrogens with one attached hydrogen (secondary N) is 1. The number of likely N-dealkylation sites (N-methyl/N-ethyl adjacent to an activating group) is 1. The molecule has 0 bridgehead atoms. The van der Waals surface area contributed by atoms with Gasteiger partial charge in [0.1, 0.15) is 11.1 Å². The second kappa shape index (κ2) is 14.9. The summed E-state index contributed by atoms with van der Waals surface area (Å²) in [4.78, 5) is 35.6. The molecule has 1 aromatic heterocycles. The number of carbonyl (C=O) groups is 2. The average molecular weight is 661 g/mol. The van der Waals surface area contributed by atoms with Gasteiger partial charge in [0.05, 0.1) is 23.9 Å². The normalized spacial score (nSPS) is 16.9. The van der Waals surface area contributed by atoms with Gasteiger partial charge in [0.15, 0.2) is 5.75 Å². The second-order valence-corrected chi connectivity index (χ2v) is 13.3. The van der Waals surface area contributed by atoms with E-state index in [0.717, 1.165) is 10.6 Å². The lowest BCUT2D eigenvalue weighted by Gasteiger charge is -2.38. The van der Waals surface area contributed by atoms with E-state index in [9.17, 15) is 14.7 Å². The van der Waals surface area contributed by atoms with Crippen LogP contribution in [0.4, 0.5) is 5.69 Å². The molecule has 0 aliphatic carbocycles. The standard InChI is InChI=1S/C39H40N4O4S/c1-26-22-43(27(2)25-44)39(46)33-10-7-11-34(41-37(45)31-16-18-32(19-17-31)38-40-20-21-48-38)36(33)47-35(26)24-42(3)23-28-12-14-30(15-13-28)29-8-5-4-6-9-29/h4-21,26-27,35,44H,22-25H2,1-3H3,(H,41,45)/t26-,27+,35-/m1/s1. The lowest BCUT2D eigenvalue weighted by molar-refractivity contribution is 0.0343. The molecule has 1 aliphatic heterocycles. The number of rotatable bonds is 10. The average Bonchev–Trinajstić information content (AvgIpc) is 3.66. The number of para-hydroxylation sites is 1. The first-order chi connectivity index (χ1) is 23.3. The fourth-order valence-electron chi connectivity index (χ4n) is 6.00. The van der Waals surface area contributed by atoms with Crippen LogP contribution in [0.2, 0.25) is 0 Å². The Balaban J connectivity index is 1.24. The maximum atomic E-state index is 13.9. The maximum absolute atomic E-state index is 13.9. The first-order valence-electron chi connectivity index (χ1n) is 16.2. The second-order valence-electron chi connectivity index (χ2n) is 12.4. The number of aliphatic hydroxyl groups is 1. The van der Waals surface area contributed by atoms with E-state index in [-0.39, 0.29) is 36.5 Å². The van der Waals surface area contributed by atoms with Crippen LogP contribution in [0.25, 0.3) is 21.7 Å². The summed E-state index contributed by atoms with van der Waals surface area (Å²) in [5, 5.41) is 15.9. The van der Waals surface area contributed by atoms with Gasteiger partial charge >= 0.3 is 0 Å². The van der Waals surface area contributed by atoms with E-state index in [1.54, 1.807) is 41.4 Å². The number of aliphatic hydroxyl groups excluding tert-OH is 1. The van der Waals surface area contributed by atoms with Crippen LogP contribution < -0.4 is 10.1 Å². The van der Waals surface area contributed by atoms with Gasteiger partial charge in [-0.25, -0.2) is 4.98 Å². The van der Waals surface area contributed by atoms with Crippen LogP contribution in [0, 0.1) is 5.92 Å². The first kappa shape index (κ1) is 33.1. The van der Waals surface area contributed by atoms with Gasteiger partial charge < -0.3 is 20.1 Å². The number of thiazole rings is 1. The number of hydrogen-bond acceptors (Lipinski definition) is 7. The number of anilines is 1. The van der Waals surface area contributed by atoms with Crippen molar-refractivity contribution in [2.24, 2.45) is 5.92 Å². The third-order valence-corrected chi connectivity index (χ3v) is 9.59. The predicted molar refractivity (Wildman–Crippen MR) is 191 cm³/mol. The first-order valence-corrected chi connectivity index (χ1v) is 17.0. The number of aromatic nitrogens is 1. The molecule has 4 aromatic carbocycles. The molecule has 0 radical (unpaired) electrons. The van der Waals surface area contributed by atoms with E-state index in [2.05, 4.69) is 65.6 Å². The van der Waals surface area contributed by atoms with Crippen molar-refractivity contribution >= 4 is 28.8 Å². The van der Waals surface area contributed by atoms with E-state index in [0.29, 0.717) is 42.2 Å². The van der Waals surface area contributed by atoms with E-state index < -0.39 is 0 Å². The van der Waals surface area contributed by atoms with E-state index >= 15 is 0 Å². The lowest BCUT2D eigenvalue weighted by Crippen LogP contribution is -2.49. The molecule has 6 rings (SSSR count). The number of amides is 2. The third-order valence-electron chi connectivity index (χ3n) is 8.77. The zero-order valence-electron chi connectivity index (χ0n) is 27.4. The molecule has 246 valence electrons. The molecular weight excluding hydrogens is 621 g/mol. The summed E-state index contributed by atoms with van der Waals surface area (Å²) in [7, 11) is 2.06. The minimum atomic E-state index is -0.387. The molecule has 3 atom stereocenters. The van der Waals surface area contributed by atoms with Crippen molar-refractivity contribution in [2.75, 3.05) is 32.1 Å². The Kier molecular flexibility index (Phi) is 10.3. The van der Waals surface area contributed by atoms with Gasteiger partial charge in [0, 0.05) is 48.3 Å². The van der Waals surface area contributed by atoms with Crippen molar-refractivity contribution in [1.82, 2.24) is 14.8 Å². The Morgan fingerprint density at radius 1 is 1.00 bits per heavy atom. The molecule has 9 heteroatoms. The van der Waals surface area contributed by atoms with Gasteiger partial charge in [-0.05, 0) is 54.9 Å². The maximum Gasteiger partial charge on any atom is 0.258 e. The Morgan fingerprint density at radius 3 is 2.40 bits per heavy atom. The Labute approximate surface area is 285 Å². The van der Waals surface area contributed by atoms with Crippen molar-refractivity contribution in [1.29, 1.82) is 0 Å². The van der Waals surface area contributed by atoms with Gasteiger partial charge in [-0.15, -0.1) is 11.3 Å². The quantitative estimate of drug-likeness (QED) is 0.166. The summed E-state index contributed by atoms with van der Waals surface area (Å²) in [5.74, 6) is -0.287. The fourth-order valence-corrected chi connectivity index (χ4v) is 6.65. The summed E-state index contributed by atoms with van der Waals surface area (Å²) in [5.41, 5.74) is 5.71. The van der Waals surface area contributed by atoms with Crippen LogP contribution in [0.1, 0.15) is 40.1 Å². The number of nitrogens with zero attached hydrogens (tertiary/aromatic N) is 3. The van der Waals surface area contributed by atoms with Crippen LogP contribution in [-0.2, 0) is 6.54 Å². The smallest absolute Gasteiger partial charge is 0.258 e. The summed E-state index contributed by atoms with van der Waals surface area (Å²) >= 11 is 1.54. The van der Waals surface area contributed by atoms with Crippen molar-refractivity contribution in [3.8, 4) is 27.4 Å². The van der Waals surface area contributed by atoms with Gasteiger partial charge in [0.2, 0.25) is 0 Å². The summed E-state index contributed by atoms with van der Waals surface area (Å²) in [6.07, 6.45) is 1.44. The minimum Gasteiger partial charge on any atom is -0.486 e. The highest BCUT2D eigenvalue weighted by Gasteiger charge is 2.34. The van der Waals surface area contributed by atoms with Crippen LogP contribution in [0.5, 0.6) is 5.75 Å². The number of hydrogen-bond donors (Lipinski definition) is 2. The molecule has 0 unspecified atom stereocenters. The molecule has 8 nitrogen and oxygen atoms in total. The summed E-state index contributed by atoms with van der Waals surface area (Å²) in [6, 6.07) is 31.0. The molecule has 0 spiro atoms. The van der Waals surface area contributed by atoms with Crippen LogP contribution in [0.3, 0.4) is 0 Å². The van der Waals surface area contributed by atoms with Crippen LogP contribution in [-0.4, -0.2) is 70.6 Å². The highest BCUT2D eigenvalue weighted by molar-refractivity contribution is 7.13. The number of benzene rings is 4. The minimum absolute atomic E-state index is 0.0684. The largest absolute Gasteiger partial charge is 0.486 e. The zero-order valence-corrected chi connectivity index (χ0v) is 28.2. The SMILES string of the molecule is C[C@@H]1CN([C@@H](C)CO)C(=O)c2cccc(NC(=O)c3ccc(-c4nccs4)cc3)c2O[C@@H]1CN(C)Cc1ccc(-c2ccccc2)cc1. The molecule has 2 amide bonds. The summed E-state index contributed by atoms with van der Waals surface area (Å²) < 4.78 is 6.73. The fraction of sp³-hybridized carbons (Fsp3) is 0.256. The lowest BCUT2D eigenvalue weighted by atomic mass is 9.98. The highest BCUT2D eigenvalue weighted by atomic mass is 32.1. The van der Waals surface area contributed by atoms with Gasteiger partial charge in [-0.3, -0.25) is 14.5 Å². The zero-order chi connectivity index (χ0) is 33.6. The monoisotopic (exact) mass is 660 g/mol. The Morgan fingerprint density at radius 2 is 1.71 bits per heavy atom. The number of fused-ring (bicyclic) bond motifs is 1. The van der Waals surface area contributed by atoms with Crippen molar-refractivity contribution < 1.29 is 19.4 Å². The predicted octanol–water partition coefficient (Wildman–Crippen LogP) is 7.08. The molecule has 2 N–H and O–H groups in total. The molecule has 5 aromatic rings. The highest BCUT2D eigenvalue weighted by Crippen LogP contribution is 2.35. The van der Waals surface area contributed by atoms with Crippen LogP contribution in [0.15, 0.2) is 109 Å². The van der Waals surface area contributed by atoms with E-state index in [4.69, 9.17) is 4.74 Å². The van der Waals surface area contributed by atoms with Gasteiger partial charge in [-0.1, -0.05) is 79.7 Å². The Bertz CT molecular complexity index is 1830. The van der Waals surface area contributed by atoms with Crippen molar-refractivity contribution in [3.63, 3.8) is 0 Å². The molecule has 0 fully saturated rings. The van der Waals surface area contributed by atoms with Crippen LogP contribution >= 0.6 is 11.3 Å². The van der Waals surface area contributed by atoms with Gasteiger partial charge in [-0.2, -0.15) is 0 Å². The summed E-state index contributed by atoms with van der Waals surface area (Å²) in [6.45, 7) is 5.45. The molecule has 48 heavy (non-hydrogen) atoms. The molecule has 0 saturated carbocycles.